The van der Waals surface area contributed by atoms with Gasteiger partial charge in [0.2, 0.25) is 0 Å². The first kappa shape index (κ1) is 16.4. The van der Waals surface area contributed by atoms with Crippen molar-refractivity contribution in [1.29, 1.82) is 0 Å². The summed E-state index contributed by atoms with van der Waals surface area (Å²) in [4.78, 5) is 21.9. The van der Waals surface area contributed by atoms with Crippen molar-refractivity contribution in [3.8, 4) is 5.82 Å². The van der Waals surface area contributed by atoms with Gasteiger partial charge >= 0.3 is 5.97 Å². The van der Waals surface area contributed by atoms with Gasteiger partial charge in [0, 0.05) is 31.3 Å². The lowest BCUT2D eigenvalue weighted by Crippen LogP contribution is -2.30. The van der Waals surface area contributed by atoms with E-state index >= 15 is 0 Å². The van der Waals surface area contributed by atoms with E-state index in [-0.39, 0.29) is 6.42 Å². The molecule has 0 aromatic carbocycles. The summed E-state index contributed by atoms with van der Waals surface area (Å²) < 4.78 is 1.79. The monoisotopic (exact) mass is 329 g/mol. The maximum Gasteiger partial charge on any atom is 0.303 e. The first-order valence-electron chi connectivity index (χ1n) is 8.40. The lowest BCUT2D eigenvalue weighted by molar-refractivity contribution is -0.136. The third kappa shape index (κ3) is 3.39. The lowest BCUT2D eigenvalue weighted by Gasteiger charge is -2.27. The Morgan fingerprint density at radius 2 is 1.88 bits per heavy atom. The number of rotatable bonds is 5. The molecule has 0 atom stereocenters. The average molecular weight is 329 g/mol. The Morgan fingerprint density at radius 3 is 2.58 bits per heavy atom. The summed E-state index contributed by atoms with van der Waals surface area (Å²) in [5.74, 6) is 0.864. The summed E-state index contributed by atoms with van der Waals surface area (Å²) in [6.45, 7) is 5.92. The van der Waals surface area contributed by atoms with E-state index in [1.807, 2.05) is 19.9 Å². The number of aromatic nitrogens is 4. The molecule has 0 spiro atoms. The van der Waals surface area contributed by atoms with Gasteiger partial charge < -0.3 is 10.0 Å². The maximum absolute atomic E-state index is 10.8. The number of aryl methyl sites for hydroxylation is 1. The smallest absolute Gasteiger partial charge is 0.303 e. The Bertz CT molecular complexity index is 735. The number of nitrogens with zero attached hydrogens (tertiary/aromatic N) is 5. The second kappa shape index (κ2) is 6.98. The van der Waals surface area contributed by atoms with Crippen LogP contribution in [0.1, 0.15) is 42.6 Å². The third-order valence-corrected chi connectivity index (χ3v) is 4.57. The van der Waals surface area contributed by atoms with Gasteiger partial charge in [0.05, 0.1) is 5.69 Å². The van der Waals surface area contributed by atoms with E-state index in [4.69, 9.17) is 5.11 Å². The molecule has 24 heavy (non-hydrogen) atoms. The Kier molecular flexibility index (Phi) is 4.78. The van der Waals surface area contributed by atoms with Gasteiger partial charge in [-0.15, -0.1) is 0 Å². The first-order chi connectivity index (χ1) is 11.6. The number of hydrogen-bond donors (Lipinski definition) is 1. The van der Waals surface area contributed by atoms with Crippen LogP contribution in [0.3, 0.4) is 0 Å². The van der Waals surface area contributed by atoms with Crippen LogP contribution in [0.15, 0.2) is 12.4 Å². The molecule has 0 bridgehead atoms. The van der Waals surface area contributed by atoms with Crippen LogP contribution in [-0.4, -0.2) is 43.9 Å². The highest BCUT2D eigenvalue weighted by molar-refractivity contribution is 5.67. The van der Waals surface area contributed by atoms with Gasteiger partial charge in [0.25, 0.3) is 0 Å². The molecule has 1 fully saturated rings. The van der Waals surface area contributed by atoms with Gasteiger partial charge in [0.15, 0.2) is 5.82 Å². The third-order valence-electron chi connectivity index (χ3n) is 4.57. The van der Waals surface area contributed by atoms with Crippen molar-refractivity contribution in [2.24, 2.45) is 0 Å². The molecule has 1 aliphatic rings. The summed E-state index contributed by atoms with van der Waals surface area (Å²) >= 11 is 0. The number of carbonyl (C=O) groups is 1. The summed E-state index contributed by atoms with van der Waals surface area (Å²) in [6.07, 6.45) is 5.83. The van der Waals surface area contributed by atoms with Gasteiger partial charge in [-0.1, -0.05) is 0 Å². The van der Waals surface area contributed by atoms with Crippen molar-refractivity contribution in [2.75, 3.05) is 18.0 Å². The zero-order valence-electron chi connectivity index (χ0n) is 14.2. The quantitative estimate of drug-likeness (QED) is 0.906. The van der Waals surface area contributed by atoms with Crippen molar-refractivity contribution in [3.63, 3.8) is 0 Å². The van der Waals surface area contributed by atoms with E-state index < -0.39 is 5.97 Å². The van der Waals surface area contributed by atoms with E-state index in [2.05, 4.69) is 20.0 Å². The fraction of sp³-hybridized carbons (Fsp3) is 0.529. The normalized spacial score (nSPS) is 14.8. The van der Waals surface area contributed by atoms with Gasteiger partial charge in [-0.2, -0.15) is 5.10 Å². The molecule has 0 aliphatic carbocycles. The fourth-order valence-electron chi connectivity index (χ4n) is 3.24. The zero-order chi connectivity index (χ0) is 17.1. The van der Waals surface area contributed by atoms with Crippen LogP contribution in [0, 0.1) is 13.8 Å². The summed E-state index contributed by atoms with van der Waals surface area (Å²) in [7, 11) is 0. The highest BCUT2D eigenvalue weighted by Crippen LogP contribution is 2.22. The second-order valence-corrected chi connectivity index (χ2v) is 6.24. The van der Waals surface area contributed by atoms with Crippen molar-refractivity contribution < 1.29 is 9.90 Å². The number of aliphatic carboxylic acids is 1. The molecule has 2 aromatic heterocycles. The standard InChI is InChI=1S/C17H23N5O2/c1-12-14(6-7-17(23)24)13(2)22(20-12)16-10-15(18-11-19-16)21-8-4-3-5-9-21/h10-11H,3-9H2,1-2H3,(H,23,24). The van der Waals surface area contributed by atoms with E-state index in [9.17, 15) is 4.79 Å². The molecule has 2 aromatic rings. The van der Waals surface area contributed by atoms with Crippen molar-refractivity contribution in [1.82, 2.24) is 19.7 Å². The van der Waals surface area contributed by atoms with Crippen molar-refractivity contribution in [3.05, 3.63) is 29.3 Å². The molecule has 1 saturated heterocycles. The van der Waals surface area contributed by atoms with Crippen molar-refractivity contribution in [2.45, 2.75) is 46.0 Å². The molecule has 3 rings (SSSR count). The Balaban J connectivity index is 1.88. The molecular weight excluding hydrogens is 306 g/mol. The fourth-order valence-corrected chi connectivity index (χ4v) is 3.24. The average Bonchev–Trinajstić information content (AvgIpc) is 2.88. The highest BCUT2D eigenvalue weighted by atomic mass is 16.4. The molecule has 1 aliphatic heterocycles. The molecule has 7 heteroatoms. The van der Waals surface area contributed by atoms with Crippen LogP contribution in [0.4, 0.5) is 5.82 Å². The lowest BCUT2D eigenvalue weighted by atomic mass is 10.1. The topological polar surface area (TPSA) is 84.1 Å². The number of hydrogen-bond acceptors (Lipinski definition) is 5. The molecule has 7 nitrogen and oxygen atoms in total. The zero-order valence-corrected chi connectivity index (χ0v) is 14.2. The minimum Gasteiger partial charge on any atom is -0.481 e. The SMILES string of the molecule is Cc1nn(-c2cc(N3CCCCC3)ncn2)c(C)c1CCC(=O)O. The van der Waals surface area contributed by atoms with Crippen LogP contribution in [0.5, 0.6) is 0 Å². The molecule has 0 unspecified atom stereocenters. The first-order valence-corrected chi connectivity index (χ1v) is 8.40. The maximum atomic E-state index is 10.8. The molecule has 3 heterocycles. The summed E-state index contributed by atoms with van der Waals surface area (Å²) in [5, 5.41) is 13.5. The minimum absolute atomic E-state index is 0.107. The minimum atomic E-state index is -0.795. The van der Waals surface area contributed by atoms with Crippen LogP contribution in [0.25, 0.3) is 5.82 Å². The van der Waals surface area contributed by atoms with E-state index in [1.165, 1.54) is 19.3 Å². The molecule has 0 radical (unpaired) electrons. The van der Waals surface area contributed by atoms with Gasteiger partial charge in [-0.3, -0.25) is 4.79 Å². The largest absolute Gasteiger partial charge is 0.481 e. The van der Waals surface area contributed by atoms with E-state index in [0.29, 0.717) is 6.42 Å². The van der Waals surface area contributed by atoms with Crippen LogP contribution in [-0.2, 0) is 11.2 Å². The number of carboxylic acid groups (broad SMARTS) is 1. The van der Waals surface area contributed by atoms with Crippen LogP contribution in [0.2, 0.25) is 0 Å². The van der Waals surface area contributed by atoms with Crippen LogP contribution < -0.4 is 4.90 Å². The van der Waals surface area contributed by atoms with Gasteiger partial charge in [-0.05, 0) is 45.1 Å². The number of anilines is 1. The van der Waals surface area contributed by atoms with Gasteiger partial charge in [-0.25, -0.2) is 14.6 Å². The molecular formula is C17H23N5O2. The van der Waals surface area contributed by atoms with Crippen molar-refractivity contribution >= 4 is 11.8 Å². The Morgan fingerprint density at radius 1 is 1.17 bits per heavy atom. The van der Waals surface area contributed by atoms with E-state index in [0.717, 1.165) is 41.7 Å². The predicted molar refractivity (Wildman–Crippen MR) is 90.6 cm³/mol. The Labute approximate surface area is 141 Å². The Hall–Kier alpha value is -2.44. The number of piperidine rings is 1. The molecule has 0 amide bonds. The number of carboxylic acids is 1. The van der Waals surface area contributed by atoms with E-state index in [1.54, 1.807) is 11.0 Å². The van der Waals surface area contributed by atoms with Crippen LogP contribution >= 0.6 is 0 Å². The summed E-state index contributed by atoms with van der Waals surface area (Å²) in [5.41, 5.74) is 2.78. The molecule has 0 saturated carbocycles. The predicted octanol–water partition coefficient (Wildman–Crippen LogP) is 2.29. The summed E-state index contributed by atoms with van der Waals surface area (Å²) in [6, 6.07) is 1.96. The highest BCUT2D eigenvalue weighted by Gasteiger charge is 2.17. The molecule has 128 valence electrons. The second-order valence-electron chi connectivity index (χ2n) is 6.24. The molecule has 1 N–H and O–H groups in total. The van der Waals surface area contributed by atoms with Gasteiger partial charge in [0.1, 0.15) is 12.1 Å².